The van der Waals surface area contributed by atoms with E-state index < -0.39 is 0 Å². The number of nitrogens with one attached hydrogen (secondary N) is 1. The average Bonchev–Trinajstić information content (AvgIpc) is 1.98. The van der Waals surface area contributed by atoms with Crippen molar-refractivity contribution in [2.45, 2.75) is 32.2 Å². The van der Waals surface area contributed by atoms with E-state index >= 15 is 0 Å². The van der Waals surface area contributed by atoms with Crippen LogP contribution in [0, 0.1) is 0 Å². The first-order valence-corrected chi connectivity index (χ1v) is 3.81. The van der Waals surface area contributed by atoms with Crippen LogP contribution in [0.25, 0.3) is 0 Å². The molecule has 0 amide bonds. The van der Waals surface area contributed by atoms with Gasteiger partial charge < -0.3 is 20.9 Å². The van der Waals surface area contributed by atoms with E-state index in [1.54, 1.807) is 6.92 Å². The minimum atomic E-state index is -0.331. The number of rotatable bonds is 5. The van der Waals surface area contributed by atoms with Crippen LogP contribution in [0.4, 0.5) is 0 Å². The number of hydrogen-bond acceptors (Lipinski definition) is 4. The first-order chi connectivity index (χ1) is 5.11. The summed E-state index contributed by atoms with van der Waals surface area (Å²) in [4.78, 5) is 0. The second-order valence-electron chi connectivity index (χ2n) is 2.64. The smallest absolute Gasteiger partial charge is 0.103 e. The Bertz CT molecular complexity index is 98.4. The summed E-state index contributed by atoms with van der Waals surface area (Å²) in [6.07, 6.45) is -0.553. The van der Waals surface area contributed by atoms with Crippen molar-refractivity contribution in [2.24, 2.45) is 5.73 Å². The molecule has 0 saturated carbocycles. The van der Waals surface area contributed by atoms with Crippen molar-refractivity contribution in [1.82, 2.24) is 5.32 Å². The first kappa shape index (κ1) is 10.8. The van der Waals surface area contributed by atoms with Gasteiger partial charge in [-0.1, -0.05) is 0 Å². The average molecular weight is 162 g/mol. The van der Waals surface area contributed by atoms with Gasteiger partial charge in [-0.05, 0) is 20.9 Å². The zero-order valence-electron chi connectivity index (χ0n) is 7.37. The molecule has 3 atom stereocenters. The summed E-state index contributed by atoms with van der Waals surface area (Å²) >= 11 is 0. The maximum absolute atomic E-state index is 8.86. The highest BCUT2D eigenvalue weighted by Crippen LogP contribution is 1.99. The quantitative estimate of drug-likeness (QED) is 0.467. The van der Waals surface area contributed by atoms with E-state index in [0.717, 1.165) is 0 Å². The topological polar surface area (TPSA) is 67.5 Å². The molecule has 0 aliphatic heterocycles. The summed E-state index contributed by atoms with van der Waals surface area (Å²) in [7, 11) is 1.82. The summed E-state index contributed by atoms with van der Waals surface area (Å²) in [5, 5.41) is 11.8. The molecule has 0 aromatic heterocycles. The molecular formula is C7H18N2O2. The Labute approximate surface area is 67.7 Å². The first-order valence-electron chi connectivity index (χ1n) is 3.81. The monoisotopic (exact) mass is 162 g/mol. The van der Waals surface area contributed by atoms with E-state index in [1.165, 1.54) is 0 Å². The second-order valence-corrected chi connectivity index (χ2v) is 2.64. The van der Waals surface area contributed by atoms with Gasteiger partial charge in [-0.25, -0.2) is 0 Å². The molecule has 0 rings (SSSR count). The van der Waals surface area contributed by atoms with Gasteiger partial charge in [0.15, 0.2) is 0 Å². The van der Waals surface area contributed by atoms with Crippen LogP contribution in [0.15, 0.2) is 0 Å². The molecule has 0 aliphatic rings. The predicted octanol–water partition coefficient (Wildman–Crippen LogP) is -0.723. The third kappa shape index (κ3) is 4.31. The predicted molar refractivity (Wildman–Crippen MR) is 44.1 cm³/mol. The van der Waals surface area contributed by atoms with Gasteiger partial charge in [0, 0.05) is 6.04 Å². The zero-order valence-corrected chi connectivity index (χ0v) is 7.37. The van der Waals surface area contributed by atoms with E-state index in [4.69, 9.17) is 15.6 Å². The van der Waals surface area contributed by atoms with Crippen molar-refractivity contribution < 1.29 is 9.84 Å². The fraction of sp³-hybridized carbons (Fsp3) is 1.00. The van der Waals surface area contributed by atoms with Crippen LogP contribution in [0.5, 0.6) is 0 Å². The van der Waals surface area contributed by atoms with E-state index in [1.807, 2.05) is 14.0 Å². The van der Waals surface area contributed by atoms with Crippen LogP contribution in [-0.4, -0.2) is 37.1 Å². The number of hydrogen-bond donors (Lipinski definition) is 3. The van der Waals surface area contributed by atoms with Crippen LogP contribution in [0.2, 0.25) is 0 Å². The molecule has 4 nitrogen and oxygen atoms in total. The Balaban J connectivity index is 3.74. The number of aliphatic hydroxyl groups is 1. The maximum atomic E-state index is 8.86. The van der Waals surface area contributed by atoms with E-state index in [0.29, 0.717) is 0 Å². The summed E-state index contributed by atoms with van der Waals surface area (Å²) in [6.45, 7) is 3.66. The standard InChI is InChI=1S/C7H18N2O2/c1-5(9-3)7(4-10)11-6(2)8/h5-7,9-10H,4,8H2,1-3H3. The van der Waals surface area contributed by atoms with Gasteiger partial charge in [0.1, 0.15) is 6.23 Å². The zero-order chi connectivity index (χ0) is 8.85. The molecule has 0 radical (unpaired) electrons. The summed E-state index contributed by atoms with van der Waals surface area (Å²) in [6, 6.07) is 0.117. The number of ether oxygens (including phenoxy) is 1. The molecule has 0 aromatic rings. The van der Waals surface area contributed by atoms with Crippen LogP contribution >= 0.6 is 0 Å². The lowest BCUT2D eigenvalue weighted by Crippen LogP contribution is -2.42. The number of nitrogens with two attached hydrogens (primary N) is 1. The van der Waals surface area contributed by atoms with Gasteiger partial charge in [0.25, 0.3) is 0 Å². The highest BCUT2D eigenvalue weighted by molar-refractivity contribution is 4.70. The molecule has 0 spiro atoms. The molecule has 68 valence electrons. The van der Waals surface area contributed by atoms with E-state index in [9.17, 15) is 0 Å². The van der Waals surface area contributed by atoms with Gasteiger partial charge in [-0.3, -0.25) is 0 Å². The highest BCUT2D eigenvalue weighted by atomic mass is 16.5. The second kappa shape index (κ2) is 5.49. The molecule has 0 fully saturated rings. The third-order valence-electron chi connectivity index (χ3n) is 1.58. The lowest BCUT2D eigenvalue weighted by atomic mass is 10.2. The molecule has 0 heterocycles. The molecule has 4 N–H and O–H groups in total. The van der Waals surface area contributed by atoms with E-state index in [2.05, 4.69) is 5.32 Å². The lowest BCUT2D eigenvalue weighted by Gasteiger charge is -2.23. The van der Waals surface area contributed by atoms with Crippen LogP contribution < -0.4 is 11.1 Å². The van der Waals surface area contributed by atoms with Crippen LogP contribution in [-0.2, 0) is 4.74 Å². The van der Waals surface area contributed by atoms with Crippen molar-refractivity contribution in [1.29, 1.82) is 0 Å². The van der Waals surface area contributed by atoms with Gasteiger partial charge in [-0.15, -0.1) is 0 Å². The summed E-state index contributed by atoms with van der Waals surface area (Å²) in [5.41, 5.74) is 5.40. The summed E-state index contributed by atoms with van der Waals surface area (Å²) in [5.74, 6) is 0. The fourth-order valence-corrected chi connectivity index (χ4v) is 0.781. The fourth-order valence-electron chi connectivity index (χ4n) is 0.781. The SMILES string of the molecule is CNC(C)C(CO)OC(C)N. The molecule has 3 unspecified atom stereocenters. The van der Waals surface area contributed by atoms with Crippen molar-refractivity contribution in [3.05, 3.63) is 0 Å². The maximum Gasteiger partial charge on any atom is 0.103 e. The molecule has 4 heteroatoms. The molecule has 0 aliphatic carbocycles. The Morgan fingerprint density at radius 2 is 2.09 bits per heavy atom. The normalized spacial score (nSPS) is 19.4. The molecule has 11 heavy (non-hydrogen) atoms. The number of likely N-dealkylation sites (N-methyl/N-ethyl adjacent to an activating group) is 1. The molecule has 0 saturated heterocycles. The molecule has 0 bridgehead atoms. The van der Waals surface area contributed by atoms with Crippen molar-refractivity contribution in [2.75, 3.05) is 13.7 Å². The Kier molecular flexibility index (Phi) is 5.41. The van der Waals surface area contributed by atoms with Crippen molar-refractivity contribution in [3.8, 4) is 0 Å². The lowest BCUT2D eigenvalue weighted by molar-refractivity contribution is -0.0429. The van der Waals surface area contributed by atoms with Gasteiger partial charge in [0.2, 0.25) is 0 Å². The van der Waals surface area contributed by atoms with Crippen molar-refractivity contribution >= 4 is 0 Å². The Morgan fingerprint density at radius 3 is 2.36 bits per heavy atom. The Hall–Kier alpha value is -0.160. The summed E-state index contributed by atoms with van der Waals surface area (Å²) < 4.78 is 5.22. The minimum Gasteiger partial charge on any atom is -0.394 e. The van der Waals surface area contributed by atoms with E-state index in [-0.39, 0.29) is 25.0 Å². The van der Waals surface area contributed by atoms with Crippen molar-refractivity contribution in [3.63, 3.8) is 0 Å². The third-order valence-corrected chi connectivity index (χ3v) is 1.58. The van der Waals surface area contributed by atoms with Gasteiger partial charge >= 0.3 is 0 Å². The molecular weight excluding hydrogens is 144 g/mol. The minimum absolute atomic E-state index is 0.0104. The largest absolute Gasteiger partial charge is 0.394 e. The Morgan fingerprint density at radius 1 is 1.55 bits per heavy atom. The molecule has 0 aromatic carbocycles. The van der Waals surface area contributed by atoms with Crippen LogP contribution in [0.1, 0.15) is 13.8 Å². The van der Waals surface area contributed by atoms with Gasteiger partial charge in [-0.2, -0.15) is 0 Å². The van der Waals surface area contributed by atoms with Gasteiger partial charge in [0.05, 0.1) is 12.7 Å². The highest BCUT2D eigenvalue weighted by Gasteiger charge is 2.16. The number of aliphatic hydroxyl groups excluding tert-OH is 1. The van der Waals surface area contributed by atoms with Crippen LogP contribution in [0.3, 0.4) is 0 Å².